The molecule has 0 spiro atoms. The molecule has 2 atom stereocenters. The first kappa shape index (κ1) is 18.6. The van der Waals surface area contributed by atoms with Crippen LogP contribution in [-0.4, -0.2) is 43.5 Å². The molecule has 1 N–H and O–H groups in total. The Morgan fingerprint density at radius 2 is 2.26 bits per heavy atom. The highest BCUT2D eigenvalue weighted by Gasteiger charge is 2.35. The lowest BCUT2D eigenvalue weighted by molar-refractivity contribution is -0.113. The molecule has 1 fully saturated rings. The van der Waals surface area contributed by atoms with E-state index in [0.29, 0.717) is 17.0 Å². The number of amides is 1. The average Bonchev–Trinajstić information content (AvgIpc) is 3.05. The number of thioether (sulfide) groups is 1. The van der Waals surface area contributed by atoms with Gasteiger partial charge >= 0.3 is 0 Å². The van der Waals surface area contributed by atoms with Gasteiger partial charge in [0.1, 0.15) is 4.32 Å². The first-order valence-electron chi connectivity index (χ1n) is 8.83. The SMILES string of the molecule is Cc1csc(NC(=O)CSC(=S)N2C[C@@H]3C[C@@H](C2)c2cccc(=O)n2C3)n1. The van der Waals surface area contributed by atoms with E-state index in [0.717, 1.165) is 41.8 Å². The van der Waals surface area contributed by atoms with Crippen LogP contribution in [-0.2, 0) is 11.3 Å². The van der Waals surface area contributed by atoms with Gasteiger partial charge in [-0.15, -0.1) is 11.3 Å². The summed E-state index contributed by atoms with van der Waals surface area (Å²) in [6, 6.07) is 5.52. The number of aromatic nitrogens is 2. The average molecular weight is 421 g/mol. The van der Waals surface area contributed by atoms with Crippen LogP contribution in [0.15, 0.2) is 28.4 Å². The summed E-state index contributed by atoms with van der Waals surface area (Å²) in [5.41, 5.74) is 2.09. The number of pyridine rings is 1. The Balaban J connectivity index is 1.35. The van der Waals surface area contributed by atoms with Gasteiger partial charge in [0.25, 0.3) is 5.56 Å². The van der Waals surface area contributed by atoms with Crippen LogP contribution >= 0.6 is 35.3 Å². The Kier molecular flexibility index (Phi) is 5.34. The normalized spacial score (nSPS) is 20.9. The molecule has 0 saturated carbocycles. The second-order valence-corrected chi connectivity index (χ2v) is 9.47. The van der Waals surface area contributed by atoms with E-state index in [2.05, 4.69) is 15.2 Å². The third-order valence-corrected chi connectivity index (χ3v) is 7.33. The second kappa shape index (κ2) is 7.73. The number of likely N-dealkylation sites (tertiary alicyclic amines) is 1. The molecule has 1 saturated heterocycles. The third-order valence-electron chi connectivity index (χ3n) is 4.93. The summed E-state index contributed by atoms with van der Waals surface area (Å²) in [4.78, 5) is 30.7. The van der Waals surface area contributed by atoms with Crippen LogP contribution in [0.1, 0.15) is 23.7 Å². The number of aryl methyl sites for hydroxylation is 1. The molecule has 1 amide bonds. The van der Waals surface area contributed by atoms with Crippen LogP contribution in [0.25, 0.3) is 0 Å². The predicted octanol–water partition coefficient (Wildman–Crippen LogP) is 2.69. The molecule has 6 nitrogen and oxygen atoms in total. The first-order valence-corrected chi connectivity index (χ1v) is 11.1. The minimum absolute atomic E-state index is 0.0849. The van der Waals surface area contributed by atoms with Crippen molar-refractivity contribution in [2.75, 3.05) is 24.2 Å². The minimum Gasteiger partial charge on any atom is -0.356 e. The lowest BCUT2D eigenvalue weighted by atomic mass is 9.83. The number of thiocarbonyl (C=S) groups is 1. The van der Waals surface area contributed by atoms with E-state index in [9.17, 15) is 9.59 Å². The number of carbonyl (C=O) groups is 1. The predicted molar refractivity (Wildman–Crippen MR) is 114 cm³/mol. The number of anilines is 1. The van der Waals surface area contributed by atoms with Crippen molar-refractivity contribution in [3.05, 3.63) is 45.3 Å². The van der Waals surface area contributed by atoms with Crippen LogP contribution in [0.2, 0.25) is 0 Å². The summed E-state index contributed by atoms with van der Waals surface area (Å²) in [5.74, 6) is 0.921. The van der Waals surface area contributed by atoms with Gasteiger partial charge in [-0.1, -0.05) is 30.0 Å². The number of fused-ring (bicyclic) bond motifs is 4. The molecule has 0 radical (unpaired) electrons. The molecule has 142 valence electrons. The zero-order valence-corrected chi connectivity index (χ0v) is 17.3. The van der Waals surface area contributed by atoms with Crippen LogP contribution in [0.4, 0.5) is 5.13 Å². The summed E-state index contributed by atoms with van der Waals surface area (Å²) < 4.78 is 2.66. The maximum atomic E-state index is 12.1. The molecule has 27 heavy (non-hydrogen) atoms. The van der Waals surface area contributed by atoms with Gasteiger partial charge in [-0.3, -0.25) is 9.59 Å². The van der Waals surface area contributed by atoms with Gasteiger partial charge in [0.15, 0.2) is 5.13 Å². The van der Waals surface area contributed by atoms with Crippen molar-refractivity contribution in [2.45, 2.75) is 25.8 Å². The van der Waals surface area contributed by atoms with Gasteiger partial charge in [0.2, 0.25) is 5.91 Å². The number of hydrogen-bond acceptors (Lipinski definition) is 6. The molecule has 0 aromatic carbocycles. The Morgan fingerprint density at radius 3 is 3.04 bits per heavy atom. The zero-order chi connectivity index (χ0) is 19.0. The topological polar surface area (TPSA) is 67.2 Å². The summed E-state index contributed by atoms with van der Waals surface area (Å²) in [6.45, 7) is 4.30. The van der Waals surface area contributed by atoms with E-state index < -0.39 is 0 Å². The van der Waals surface area contributed by atoms with Gasteiger partial charge in [0, 0.05) is 42.7 Å². The molecule has 2 aliphatic rings. The molecule has 4 heterocycles. The maximum Gasteiger partial charge on any atom is 0.250 e. The van der Waals surface area contributed by atoms with Crippen molar-refractivity contribution < 1.29 is 4.79 Å². The van der Waals surface area contributed by atoms with Crippen molar-refractivity contribution >= 4 is 50.7 Å². The molecule has 4 rings (SSSR count). The highest BCUT2D eigenvalue weighted by molar-refractivity contribution is 8.23. The van der Waals surface area contributed by atoms with Gasteiger partial charge in [-0.2, -0.15) is 0 Å². The number of hydrogen-bond donors (Lipinski definition) is 1. The fourth-order valence-electron chi connectivity index (χ4n) is 3.83. The standard InChI is InChI=1S/C18H20N4O2S3/c1-11-9-26-17(19-11)20-15(23)10-27-18(25)21-6-12-5-13(8-21)14-3-2-4-16(24)22(14)7-12/h2-4,9,12-13H,5-8,10H2,1H3,(H,19,20,23)/t12-,13-/m0/s1. The number of nitrogens with one attached hydrogen (secondary N) is 1. The van der Waals surface area contributed by atoms with Crippen LogP contribution < -0.4 is 10.9 Å². The molecule has 2 aliphatic heterocycles. The molecule has 9 heteroatoms. The third kappa shape index (κ3) is 4.09. The Morgan fingerprint density at radius 1 is 1.41 bits per heavy atom. The van der Waals surface area contributed by atoms with E-state index in [1.807, 2.05) is 29.0 Å². The zero-order valence-electron chi connectivity index (χ0n) is 14.9. The number of rotatable bonds is 3. The van der Waals surface area contributed by atoms with Crippen molar-refractivity contribution in [1.82, 2.24) is 14.5 Å². The highest BCUT2D eigenvalue weighted by atomic mass is 32.2. The number of thiazole rings is 1. The summed E-state index contributed by atoms with van der Waals surface area (Å²) in [6.07, 6.45) is 1.09. The van der Waals surface area contributed by atoms with Crippen molar-refractivity contribution in [1.29, 1.82) is 0 Å². The number of piperidine rings is 1. The maximum absolute atomic E-state index is 12.1. The van der Waals surface area contributed by atoms with Crippen molar-refractivity contribution in [3.8, 4) is 0 Å². The van der Waals surface area contributed by atoms with Crippen molar-refractivity contribution in [3.63, 3.8) is 0 Å². The molecular weight excluding hydrogens is 400 g/mol. The monoisotopic (exact) mass is 420 g/mol. The Labute approximate surface area is 171 Å². The van der Waals surface area contributed by atoms with Crippen LogP contribution in [0.5, 0.6) is 0 Å². The van der Waals surface area contributed by atoms with E-state index >= 15 is 0 Å². The second-order valence-electron chi connectivity index (χ2n) is 7.00. The van der Waals surface area contributed by atoms with E-state index in [1.54, 1.807) is 6.07 Å². The molecule has 2 bridgehead atoms. The van der Waals surface area contributed by atoms with Gasteiger partial charge in [-0.25, -0.2) is 4.98 Å². The molecular formula is C18H20N4O2S3. The molecule has 0 aliphatic carbocycles. The van der Waals surface area contributed by atoms with E-state index in [4.69, 9.17) is 12.2 Å². The van der Waals surface area contributed by atoms with Crippen LogP contribution in [0.3, 0.4) is 0 Å². The summed E-state index contributed by atoms with van der Waals surface area (Å²) >= 11 is 8.41. The lowest BCUT2D eigenvalue weighted by Gasteiger charge is -2.43. The number of nitrogens with zero attached hydrogens (tertiary/aromatic N) is 3. The largest absolute Gasteiger partial charge is 0.356 e. The minimum atomic E-state index is -0.0919. The van der Waals surface area contributed by atoms with Crippen LogP contribution in [0, 0.1) is 12.8 Å². The lowest BCUT2D eigenvalue weighted by Crippen LogP contribution is -2.48. The molecule has 2 aromatic heterocycles. The van der Waals surface area contributed by atoms with Gasteiger partial charge in [-0.05, 0) is 25.3 Å². The fourth-order valence-corrected chi connectivity index (χ4v) is 5.52. The van der Waals surface area contributed by atoms with Crippen molar-refractivity contribution in [2.24, 2.45) is 5.92 Å². The summed E-state index contributed by atoms with van der Waals surface area (Å²) in [7, 11) is 0. The Bertz CT molecular complexity index is 939. The molecule has 2 aromatic rings. The van der Waals surface area contributed by atoms with E-state index in [1.165, 1.54) is 23.1 Å². The van der Waals surface area contributed by atoms with Gasteiger partial charge < -0.3 is 14.8 Å². The smallest absolute Gasteiger partial charge is 0.250 e. The first-order chi connectivity index (χ1) is 13.0. The number of carbonyl (C=O) groups excluding carboxylic acids is 1. The van der Waals surface area contributed by atoms with E-state index in [-0.39, 0.29) is 17.2 Å². The molecule has 0 unspecified atom stereocenters. The van der Waals surface area contributed by atoms with Gasteiger partial charge in [0.05, 0.1) is 11.4 Å². The summed E-state index contributed by atoms with van der Waals surface area (Å²) in [5, 5.41) is 5.34. The quantitative estimate of drug-likeness (QED) is 0.770. The highest BCUT2D eigenvalue weighted by Crippen LogP contribution is 2.36. The Hall–Kier alpha value is -1.71. The fraction of sp³-hybridized carbons (Fsp3) is 0.444.